The van der Waals surface area contributed by atoms with Gasteiger partial charge in [0.1, 0.15) is 0 Å². The summed E-state index contributed by atoms with van der Waals surface area (Å²) in [4.78, 5) is 0. The van der Waals surface area contributed by atoms with E-state index in [2.05, 4.69) is 60.8 Å². The van der Waals surface area contributed by atoms with Crippen molar-refractivity contribution in [3.05, 3.63) is 70.8 Å². The molecule has 2 heteroatoms. The quantitative estimate of drug-likeness (QED) is 0.815. The standard InChI is InChI=1S/C17H17NO/c1-16-13-7-3-2-6-12(13)10-17(11-19,18-16)15-9-5-4-8-14(15)16/h2-9,18-19H,10-11H2,1H3. The Balaban J connectivity index is 2.08. The minimum atomic E-state index is -0.320. The molecule has 0 saturated heterocycles. The lowest BCUT2D eigenvalue weighted by atomic mass is 9.80. The maximum absolute atomic E-state index is 9.99. The summed E-state index contributed by atoms with van der Waals surface area (Å²) in [5.74, 6) is 0. The fourth-order valence-corrected chi connectivity index (χ4v) is 3.97. The van der Waals surface area contributed by atoms with Crippen molar-refractivity contribution in [1.82, 2.24) is 5.32 Å². The van der Waals surface area contributed by atoms with Gasteiger partial charge in [0.2, 0.25) is 0 Å². The van der Waals surface area contributed by atoms with Gasteiger partial charge in [-0.3, -0.25) is 5.32 Å². The first kappa shape index (κ1) is 11.2. The topological polar surface area (TPSA) is 32.3 Å². The van der Waals surface area contributed by atoms with Crippen LogP contribution in [0.1, 0.15) is 29.2 Å². The molecule has 19 heavy (non-hydrogen) atoms. The van der Waals surface area contributed by atoms with Crippen LogP contribution in [0.5, 0.6) is 0 Å². The van der Waals surface area contributed by atoms with Crippen molar-refractivity contribution in [2.45, 2.75) is 24.4 Å². The molecule has 0 spiro atoms. The van der Waals surface area contributed by atoms with Gasteiger partial charge < -0.3 is 5.11 Å². The number of fused-ring (bicyclic) bond motifs is 7. The van der Waals surface area contributed by atoms with E-state index in [1.807, 2.05) is 0 Å². The lowest BCUT2D eigenvalue weighted by molar-refractivity contribution is 0.140. The Bertz CT molecular complexity index is 666. The molecule has 0 radical (unpaired) electrons. The normalized spacial score (nSPS) is 30.8. The van der Waals surface area contributed by atoms with Crippen LogP contribution in [0, 0.1) is 0 Å². The Hall–Kier alpha value is -1.64. The van der Waals surface area contributed by atoms with Crippen molar-refractivity contribution in [3.63, 3.8) is 0 Å². The third-order valence-corrected chi connectivity index (χ3v) is 4.79. The van der Waals surface area contributed by atoms with Crippen LogP contribution >= 0.6 is 0 Å². The molecule has 2 bridgehead atoms. The number of aliphatic hydroxyl groups excluding tert-OH is 1. The Labute approximate surface area is 113 Å². The molecule has 0 aliphatic carbocycles. The largest absolute Gasteiger partial charge is 0.394 e. The summed E-state index contributed by atoms with van der Waals surface area (Å²) in [6.07, 6.45) is 0.853. The number of hydrogen-bond donors (Lipinski definition) is 2. The van der Waals surface area contributed by atoms with E-state index in [0.29, 0.717) is 0 Å². The first-order valence-corrected chi connectivity index (χ1v) is 6.78. The Morgan fingerprint density at radius 1 is 1.00 bits per heavy atom. The molecular weight excluding hydrogens is 234 g/mol. The van der Waals surface area contributed by atoms with Crippen LogP contribution < -0.4 is 5.32 Å². The summed E-state index contributed by atoms with van der Waals surface area (Å²) in [6, 6.07) is 17.0. The van der Waals surface area contributed by atoms with E-state index in [1.54, 1.807) is 0 Å². The fourth-order valence-electron chi connectivity index (χ4n) is 3.97. The van der Waals surface area contributed by atoms with Crippen LogP contribution in [-0.4, -0.2) is 11.7 Å². The molecule has 0 fully saturated rings. The van der Waals surface area contributed by atoms with Crippen LogP contribution in [0.15, 0.2) is 48.5 Å². The summed E-state index contributed by atoms with van der Waals surface area (Å²) in [7, 11) is 0. The highest BCUT2D eigenvalue weighted by Gasteiger charge is 2.53. The van der Waals surface area contributed by atoms with Crippen molar-refractivity contribution in [1.29, 1.82) is 0 Å². The molecule has 2 aromatic rings. The third-order valence-electron chi connectivity index (χ3n) is 4.79. The molecule has 0 amide bonds. The van der Waals surface area contributed by atoms with Crippen LogP contribution in [-0.2, 0) is 17.5 Å². The molecule has 2 aliphatic heterocycles. The number of aliphatic hydroxyl groups is 1. The molecule has 0 saturated carbocycles. The summed E-state index contributed by atoms with van der Waals surface area (Å²) < 4.78 is 0. The van der Waals surface area contributed by atoms with Gasteiger partial charge in [0, 0.05) is 0 Å². The predicted octanol–water partition coefficient (Wildman–Crippen LogP) is 2.30. The Kier molecular flexibility index (Phi) is 2.05. The first-order chi connectivity index (χ1) is 9.20. The third kappa shape index (κ3) is 1.23. The Morgan fingerprint density at radius 2 is 1.63 bits per heavy atom. The molecular formula is C17H17NO. The average Bonchev–Trinajstić information content (AvgIpc) is 2.67. The van der Waals surface area contributed by atoms with Gasteiger partial charge in [0.25, 0.3) is 0 Å². The molecule has 2 nitrogen and oxygen atoms in total. The van der Waals surface area contributed by atoms with E-state index in [4.69, 9.17) is 0 Å². The van der Waals surface area contributed by atoms with Gasteiger partial charge in [0.05, 0.1) is 17.7 Å². The zero-order chi connectivity index (χ0) is 13.1. The number of nitrogens with one attached hydrogen (secondary N) is 1. The summed E-state index contributed by atoms with van der Waals surface area (Å²) in [5, 5.41) is 13.7. The molecule has 4 rings (SSSR count). The minimum Gasteiger partial charge on any atom is -0.394 e. The molecule has 2 unspecified atom stereocenters. The molecule has 0 aromatic heterocycles. The lowest BCUT2D eigenvalue weighted by Gasteiger charge is -2.40. The highest BCUT2D eigenvalue weighted by molar-refractivity contribution is 5.57. The molecule has 2 aromatic carbocycles. The molecule has 2 atom stereocenters. The second kappa shape index (κ2) is 3.47. The van der Waals surface area contributed by atoms with E-state index in [9.17, 15) is 5.11 Å². The molecule has 96 valence electrons. The van der Waals surface area contributed by atoms with Crippen molar-refractivity contribution in [2.24, 2.45) is 0 Å². The van der Waals surface area contributed by atoms with Gasteiger partial charge in [-0.1, -0.05) is 48.5 Å². The van der Waals surface area contributed by atoms with Crippen molar-refractivity contribution >= 4 is 0 Å². The SMILES string of the molecule is CC12NC(CO)(Cc3ccccc31)c1ccccc12. The van der Waals surface area contributed by atoms with Crippen molar-refractivity contribution in [2.75, 3.05) is 6.61 Å². The van der Waals surface area contributed by atoms with E-state index in [-0.39, 0.29) is 17.7 Å². The van der Waals surface area contributed by atoms with Crippen molar-refractivity contribution in [3.8, 4) is 0 Å². The summed E-state index contributed by atoms with van der Waals surface area (Å²) in [5.41, 5.74) is 4.72. The second-order valence-electron chi connectivity index (χ2n) is 5.87. The summed E-state index contributed by atoms with van der Waals surface area (Å²) in [6.45, 7) is 2.36. The van der Waals surface area contributed by atoms with Gasteiger partial charge >= 0.3 is 0 Å². The average molecular weight is 251 g/mol. The summed E-state index contributed by atoms with van der Waals surface area (Å²) >= 11 is 0. The second-order valence-corrected chi connectivity index (χ2v) is 5.87. The van der Waals surface area contributed by atoms with E-state index in [0.717, 1.165) is 6.42 Å². The van der Waals surface area contributed by atoms with E-state index < -0.39 is 0 Å². The molecule has 2 N–H and O–H groups in total. The first-order valence-electron chi connectivity index (χ1n) is 6.78. The van der Waals surface area contributed by atoms with Gasteiger partial charge in [-0.05, 0) is 35.6 Å². The fraction of sp³-hybridized carbons (Fsp3) is 0.294. The van der Waals surface area contributed by atoms with Gasteiger partial charge in [0.15, 0.2) is 0 Å². The molecule has 2 aliphatic rings. The van der Waals surface area contributed by atoms with Crippen LogP contribution in [0.2, 0.25) is 0 Å². The van der Waals surface area contributed by atoms with Crippen LogP contribution in [0.3, 0.4) is 0 Å². The minimum absolute atomic E-state index is 0.133. The predicted molar refractivity (Wildman–Crippen MR) is 74.9 cm³/mol. The number of benzene rings is 2. The zero-order valence-electron chi connectivity index (χ0n) is 11.0. The van der Waals surface area contributed by atoms with Gasteiger partial charge in [-0.25, -0.2) is 0 Å². The van der Waals surface area contributed by atoms with Crippen LogP contribution in [0.4, 0.5) is 0 Å². The zero-order valence-corrected chi connectivity index (χ0v) is 11.0. The maximum atomic E-state index is 9.99. The number of rotatable bonds is 1. The van der Waals surface area contributed by atoms with Crippen molar-refractivity contribution < 1.29 is 5.11 Å². The molecule has 2 heterocycles. The van der Waals surface area contributed by atoms with E-state index in [1.165, 1.54) is 22.3 Å². The maximum Gasteiger partial charge on any atom is 0.0722 e. The Morgan fingerprint density at radius 3 is 2.37 bits per heavy atom. The van der Waals surface area contributed by atoms with Gasteiger partial charge in [-0.2, -0.15) is 0 Å². The van der Waals surface area contributed by atoms with Crippen LogP contribution in [0.25, 0.3) is 0 Å². The van der Waals surface area contributed by atoms with E-state index >= 15 is 0 Å². The monoisotopic (exact) mass is 251 g/mol. The highest BCUT2D eigenvalue weighted by Crippen LogP contribution is 2.50. The number of hydrogen-bond acceptors (Lipinski definition) is 2. The van der Waals surface area contributed by atoms with Gasteiger partial charge in [-0.15, -0.1) is 0 Å². The highest BCUT2D eigenvalue weighted by atomic mass is 16.3. The smallest absolute Gasteiger partial charge is 0.0722 e. The lowest BCUT2D eigenvalue weighted by Crippen LogP contribution is -2.53.